The number of halogens is 1. The van der Waals surface area contributed by atoms with Crippen molar-refractivity contribution in [2.45, 2.75) is 13.0 Å². The van der Waals surface area contributed by atoms with Gasteiger partial charge in [0.1, 0.15) is 0 Å². The van der Waals surface area contributed by atoms with Gasteiger partial charge in [-0.15, -0.1) is 0 Å². The van der Waals surface area contributed by atoms with Gasteiger partial charge in [0.2, 0.25) is 5.91 Å². The highest BCUT2D eigenvalue weighted by atomic mass is 35.5. The second kappa shape index (κ2) is 7.50. The molecule has 0 spiro atoms. The molecular formula is C17H17ClN2O. The van der Waals surface area contributed by atoms with E-state index in [2.05, 4.69) is 5.32 Å². The minimum absolute atomic E-state index is 0.414. The monoisotopic (exact) mass is 300 g/mol. The lowest BCUT2D eigenvalue weighted by molar-refractivity contribution is -0.114. The molecule has 1 amide bonds. The lowest BCUT2D eigenvalue weighted by Gasteiger charge is -2.06. The predicted molar refractivity (Wildman–Crippen MR) is 85.7 cm³/mol. The average Bonchev–Trinajstić information content (AvgIpc) is 2.49. The van der Waals surface area contributed by atoms with Gasteiger partial charge in [0.05, 0.1) is 0 Å². The van der Waals surface area contributed by atoms with Gasteiger partial charge in [0.25, 0.3) is 0 Å². The fraction of sp³-hybridized carbons (Fsp3) is 0.118. The summed E-state index contributed by atoms with van der Waals surface area (Å²) in [7, 11) is 0. The first-order chi connectivity index (χ1) is 10.1. The zero-order valence-electron chi connectivity index (χ0n) is 11.6. The maximum absolute atomic E-state index is 11.5. The minimum atomic E-state index is -0.414. The molecule has 0 unspecified atom stereocenters. The molecule has 2 rings (SSSR count). The highest BCUT2D eigenvalue weighted by Gasteiger charge is 2.05. The number of nitrogens with two attached hydrogens (primary N) is 1. The molecule has 0 aliphatic heterocycles. The zero-order valence-corrected chi connectivity index (χ0v) is 12.3. The first-order valence-electron chi connectivity index (χ1n) is 6.66. The Hall–Kier alpha value is -2.26. The minimum Gasteiger partial charge on any atom is -0.386 e. The molecule has 2 aromatic rings. The number of hydrogen-bond donors (Lipinski definition) is 2. The molecule has 0 aromatic heterocycles. The van der Waals surface area contributed by atoms with Gasteiger partial charge in [-0.3, -0.25) is 4.79 Å². The van der Waals surface area contributed by atoms with Gasteiger partial charge in [0, 0.05) is 29.8 Å². The predicted octanol–water partition coefficient (Wildman–Crippen LogP) is 3.04. The topological polar surface area (TPSA) is 55.1 Å². The van der Waals surface area contributed by atoms with Crippen LogP contribution in [0.15, 0.2) is 66.4 Å². The lowest BCUT2D eigenvalue weighted by Crippen LogP contribution is -2.19. The van der Waals surface area contributed by atoms with Crippen LogP contribution in [0.3, 0.4) is 0 Å². The normalized spacial score (nSPS) is 11.2. The average molecular weight is 301 g/mol. The largest absolute Gasteiger partial charge is 0.386 e. The molecular weight excluding hydrogens is 284 g/mol. The SMILES string of the molecule is NC(=O)/C(=C\NCc1ccc(Cl)cc1)Cc1ccccc1. The second-order valence-corrected chi connectivity index (χ2v) is 5.14. The van der Waals surface area contributed by atoms with Gasteiger partial charge in [0.15, 0.2) is 0 Å². The Bertz CT molecular complexity index is 621. The van der Waals surface area contributed by atoms with E-state index in [1.54, 1.807) is 6.20 Å². The van der Waals surface area contributed by atoms with E-state index in [4.69, 9.17) is 17.3 Å². The molecule has 0 atom stereocenters. The Morgan fingerprint density at radius 3 is 2.33 bits per heavy atom. The number of rotatable bonds is 6. The van der Waals surface area contributed by atoms with Crippen LogP contribution in [0.25, 0.3) is 0 Å². The molecule has 0 radical (unpaired) electrons. The number of hydrogen-bond acceptors (Lipinski definition) is 2. The second-order valence-electron chi connectivity index (χ2n) is 4.70. The van der Waals surface area contributed by atoms with Crippen molar-refractivity contribution in [1.82, 2.24) is 5.32 Å². The number of benzene rings is 2. The molecule has 0 saturated heterocycles. The Balaban J connectivity index is 1.98. The number of carbonyl (C=O) groups excluding carboxylic acids is 1. The van der Waals surface area contributed by atoms with Crippen LogP contribution in [0.2, 0.25) is 5.02 Å². The van der Waals surface area contributed by atoms with Gasteiger partial charge < -0.3 is 11.1 Å². The van der Waals surface area contributed by atoms with Crippen LogP contribution in [-0.2, 0) is 17.8 Å². The van der Waals surface area contributed by atoms with Gasteiger partial charge in [-0.05, 0) is 23.3 Å². The van der Waals surface area contributed by atoms with E-state index in [1.807, 2.05) is 54.6 Å². The molecule has 4 heteroatoms. The summed E-state index contributed by atoms with van der Waals surface area (Å²) in [5.41, 5.74) is 8.10. The Labute approximate surface area is 129 Å². The van der Waals surface area contributed by atoms with Gasteiger partial charge in [-0.25, -0.2) is 0 Å². The molecule has 2 aromatic carbocycles. The summed E-state index contributed by atoms with van der Waals surface area (Å²) in [6, 6.07) is 17.3. The van der Waals surface area contributed by atoms with Crippen LogP contribution < -0.4 is 11.1 Å². The first-order valence-corrected chi connectivity index (χ1v) is 7.03. The number of primary amides is 1. The van der Waals surface area contributed by atoms with Crippen LogP contribution in [0.4, 0.5) is 0 Å². The van der Waals surface area contributed by atoms with Crippen molar-refractivity contribution in [2.75, 3.05) is 0 Å². The van der Waals surface area contributed by atoms with E-state index in [1.165, 1.54) is 0 Å². The summed E-state index contributed by atoms with van der Waals surface area (Å²) in [6.45, 7) is 0.614. The Kier molecular flexibility index (Phi) is 5.41. The molecule has 0 aliphatic carbocycles. The molecule has 0 bridgehead atoms. The van der Waals surface area contributed by atoms with E-state index in [0.29, 0.717) is 23.6 Å². The van der Waals surface area contributed by atoms with Crippen LogP contribution in [0.5, 0.6) is 0 Å². The first kappa shape index (κ1) is 15.1. The third-order valence-corrected chi connectivity index (χ3v) is 3.30. The molecule has 3 N–H and O–H groups in total. The van der Waals surface area contributed by atoms with Crippen LogP contribution in [0, 0.1) is 0 Å². The molecule has 0 aliphatic rings. The number of amides is 1. The lowest BCUT2D eigenvalue weighted by atomic mass is 10.1. The fourth-order valence-electron chi connectivity index (χ4n) is 1.92. The molecule has 21 heavy (non-hydrogen) atoms. The maximum atomic E-state index is 11.5. The third kappa shape index (κ3) is 4.97. The summed E-state index contributed by atoms with van der Waals surface area (Å²) >= 11 is 5.83. The van der Waals surface area contributed by atoms with Crippen molar-refractivity contribution in [1.29, 1.82) is 0 Å². The molecule has 108 valence electrons. The summed E-state index contributed by atoms with van der Waals surface area (Å²) in [6.07, 6.45) is 2.20. The van der Waals surface area contributed by atoms with Crippen molar-refractivity contribution >= 4 is 17.5 Å². The maximum Gasteiger partial charge on any atom is 0.246 e. The zero-order chi connectivity index (χ0) is 15.1. The van der Waals surface area contributed by atoms with Crippen molar-refractivity contribution in [3.05, 3.63) is 82.5 Å². The van der Waals surface area contributed by atoms with Crippen molar-refractivity contribution in [3.63, 3.8) is 0 Å². The third-order valence-electron chi connectivity index (χ3n) is 3.05. The summed E-state index contributed by atoms with van der Waals surface area (Å²) in [5, 5.41) is 3.82. The van der Waals surface area contributed by atoms with Crippen molar-refractivity contribution < 1.29 is 4.79 Å². The van der Waals surface area contributed by atoms with Gasteiger partial charge in [-0.2, -0.15) is 0 Å². The van der Waals surface area contributed by atoms with Gasteiger partial charge >= 0.3 is 0 Å². The molecule has 3 nitrogen and oxygen atoms in total. The van der Waals surface area contributed by atoms with E-state index < -0.39 is 5.91 Å². The van der Waals surface area contributed by atoms with Crippen molar-refractivity contribution in [3.8, 4) is 0 Å². The molecule has 0 heterocycles. The number of nitrogens with one attached hydrogen (secondary N) is 1. The van der Waals surface area contributed by atoms with Crippen molar-refractivity contribution in [2.24, 2.45) is 5.73 Å². The van der Waals surface area contributed by atoms with Crippen LogP contribution in [-0.4, -0.2) is 5.91 Å². The number of carbonyl (C=O) groups is 1. The van der Waals surface area contributed by atoms with E-state index in [-0.39, 0.29) is 0 Å². The smallest absolute Gasteiger partial charge is 0.246 e. The summed E-state index contributed by atoms with van der Waals surface area (Å²) < 4.78 is 0. The van der Waals surface area contributed by atoms with Crippen LogP contribution >= 0.6 is 11.6 Å². The Morgan fingerprint density at radius 2 is 1.71 bits per heavy atom. The van der Waals surface area contributed by atoms with Crippen LogP contribution in [0.1, 0.15) is 11.1 Å². The van der Waals surface area contributed by atoms with E-state index in [0.717, 1.165) is 11.1 Å². The standard InChI is InChI=1S/C17H17ClN2O/c18-16-8-6-14(7-9-16)11-20-12-15(17(19)21)10-13-4-2-1-3-5-13/h1-9,12,20H,10-11H2,(H2,19,21)/b15-12-. The quantitative estimate of drug-likeness (QED) is 0.806. The summed E-state index contributed by atoms with van der Waals surface area (Å²) in [4.78, 5) is 11.5. The summed E-state index contributed by atoms with van der Waals surface area (Å²) in [5.74, 6) is -0.414. The molecule has 0 fully saturated rings. The Morgan fingerprint density at radius 1 is 1.05 bits per heavy atom. The fourth-order valence-corrected chi connectivity index (χ4v) is 2.05. The van der Waals surface area contributed by atoms with E-state index in [9.17, 15) is 4.79 Å². The van der Waals surface area contributed by atoms with E-state index >= 15 is 0 Å². The highest BCUT2D eigenvalue weighted by molar-refractivity contribution is 6.30. The molecule has 0 saturated carbocycles. The highest BCUT2D eigenvalue weighted by Crippen LogP contribution is 2.10. The van der Waals surface area contributed by atoms with Gasteiger partial charge in [-0.1, -0.05) is 54.1 Å².